The Morgan fingerprint density at radius 2 is 2.11 bits per heavy atom. The fourth-order valence-electron chi connectivity index (χ4n) is 1.40. The van der Waals surface area contributed by atoms with Crippen molar-refractivity contribution < 1.29 is 9.18 Å². The van der Waals surface area contributed by atoms with Crippen LogP contribution in [0.3, 0.4) is 0 Å². The zero-order chi connectivity index (χ0) is 13.8. The van der Waals surface area contributed by atoms with Crippen molar-refractivity contribution in [2.45, 2.75) is 0 Å². The van der Waals surface area contributed by atoms with Gasteiger partial charge in [0.05, 0.1) is 11.3 Å². The highest BCUT2D eigenvalue weighted by molar-refractivity contribution is 6.30. The van der Waals surface area contributed by atoms with Gasteiger partial charge >= 0.3 is 0 Å². The quantitative estimate of drug-likeness (QED) is 0.596. The molecule has 19 heavy (non-hydrogen) atoms. The molecule has 7 heteroatoms. The van der Waals surface area contributed by atoms with E-state index in [1.54, 1.807) is 0 Å². The summed E-state index contributed by atoms with van der Waals surface area (Å²) < 4.78 is 13.5. The lowest BCUT2D eigenvalue weighted by Crippen LogP contribution is -2.14. The predicted molar refractivity (Wildman–Crippen MR) is 71.4 cm³/mol. The first kappa shape index (κ1) is 13.3. The van der Waals surface area contributed by atoms with E-state index in [-0.39, 0.29) is 16.3 Å². The highest BCUT2D eigenvalue weighted by atomic mass is 35.5. The molecule has 0 fully saturated rings. The highest BCUT2D eigenvalue weighted by Gasteiger charge is 2.10. The van der Waals surface area contributed by atoms with Crippen LogP contribution in [0.15, 0.2) is 36.5 Å². The molecule has 2 rings (SSSR count). The Hall–Kier alpha value is -2.18. The Kier molecular flexibility index (Phi) is 3.94. The molecule has 2 aromatic rings. The molecule has 0 spiro atoms. The van der Waals surface area contributed by atoms with Crippen molar-refractivity contribution in [3.63, 3.8) is 0 Å². The van der Waals surface area contributed by atoms with Crippen molar-refractivity contribution in [1.82, 2.24) is 4.98 Å². The SMILES string of the molecule is NNc1ccc(C(=O)Nc2ccc(Cl)cc2F)cn1. The first-order chi connectivity index (χ1) is 9.10. The molecule has 0 unspecified atom stereocenters. The number of aromatic nitrogens is 1. The van der Waals surface area contributed by atoms with Gasteiger partial charge in [0.15, 0.2) is 0 Å². The first-order valence-corrected chi connectivity index (χ1v) is 5.67. The molecule has 0 saturated heterocycles. The van der Waals surface area contributed by atoms with Crippen LogP contribution in [0.25, 0.3) is 0 Å². The topological polar surface area (TPSA) is 80.0 Å². The summed E-state index contributed by atoms with van der Waals surface area (Å²) in [7, 11) is 0. The zero-order valence-corrected chi connectivity index (χ0v) is 10.4. The van der Waals surface area contributed by atoms with Gasteiger partial charge < -0.3 is 10.7 Å². The Balaban J connectivity index is 2.15. The Labute approximate surface area is 113 Å². The van der Waals surface area contributed by atoms with Crippen molar-refractivity contribution in [1.29, 1.82) is 0 Å². The van der Waals surface area contributed by atoms with Crippen molar-refractivity contribution in [2.75, 3.05) is 10.7 Å². The molecule has 1 aromatic carbocycles. The van der Waals surface area contributed by atoms with E-state index in [0.29, 0.717) is 5.82 Å². The number of rotatable bonds is 3. The minimum Gasteiger partial charge on any atom is -0.319 e. The van der Waals surface area contributed by atoms with E-state index in [1.807, 2.05) is 0 Å². The monoisotopic (exact) mass is 280 g/mol. The van der Waals surface area contributed by atoms with Gasteiger partial charge in [0.1, 0.15) is 11.6 Å². The molecule has 0 aliphatic carbocycles. The summed E-state index contributed by atoms with van der Waals surface area (Å²) >= 11 is 5.62. The molecule has 98 valence electrons. The molecule has 1 amide bonds. The van der Waals surface area contributed by atoms with Crippen LogP contribution in [0.1, 0.15) is 10.4 Å². The number of anilines is 2. The van der Waals surface area contributed by atoms with Crippen LogP contribution in [0.2, 0.25) is 5.02 Å². The minimum absolute atomic E-state index is 0.0513. The number of nitrogens with zero attached hydrogens (tertiary/aromatic N) is 1. The van der Waals surface area contributed by atoms with Crippen molar-refractivity contribution >= 4 is 29.0 Å². The number of nitrogens with one attached hydrogen (secondary N) is 2. The lowest BCUT2D eigenvalue weighted by Gasteiger charge is -2.07. The van der Waals surface area contributed by atoms with Crippen LogP contribution in [0.5, 0.6) is 0 Å². The number of hydrogen-bond acceptors (Lipinski definition) is 4. The van der Waals surface area contributed by atoms with Gasteiger partial charge in [-0.05, 0) is 30.3 Å². The average Bonchev–Trinajstić information content (AvgIpc) is 2.42. The third-order valence-electron chi connectivity index (χ3n) is 2.35. The Morgan fingerprint density at radius 3 is 2.68 bits per heavy atom. The molecule has 0 saturated carbocycles. The summed E-state index contributed by atoms with van der Waals surface area (Å²) in [5, 5.41) is 2.69. The summed E-state index contributed by atoms with van der Waals surface area (Å²) in [4.78, 5) is 15.7. The normalized spacial score (nSPS) is 10.1. The summed E-state index contributed by atoms with van der Waals surface area (Å²) in [5.41, 5.74) is 2.68. The van der Waals surface area contributed by atoms with E-state index in [9.17, 15) is 9.18 Å². The summed E-state index contributed by atoms with van der Waals surface area (Å²) in [5.74, 6) is 4.51. The second-order valence-electron chi connectivity index (χ2n) is 3.65. The predicted octanol–water partition coefficient (Wildman–Crippen LogP) is 2.41. The second-order valence-corrected chi connectivity index (χ2v) is 4.09. The van der Waals surface area contributed by atoms with E-state index in [4.69, 9.17) is 17.4 Å². The number of hydrazine groups is 1. The van der Waals surface area contributed by atoms with Crippen molar-refractivity contribution in [3.05, 3.63) is 52.9 Å². The summed E-state index contributed by atoms with van der Waals surface area (Å²) in [6.45, 7) is 0. The van der Waals surface area contributed by atoms with Crippen LogP contribution in [-0.2, 0) is 0 Å². The lowest BCUT2D eigenvalue weighted by molar-refractivity contribution is 0.102. The van der Waals surface area contributed by atoms with Gasteiger partial charge in [-0.3, -0.25) is 4.79 Å². The number of nitrogens with two attached hydrogens (primary N) is 1. The van der Waals surface area contributed by atoms with E-state index >= 15 is 0 Å². The molecule has 1 aromatic heterocycles. The number of hydrogen-bond donors (Lipinski definition) is 3. The van der Waals surface area contributed by atoms with Crippen LogP contribution in [-0.4, -0.2) is 10.9 Å². The van der Waals surface area contributed by atoms with E-state index in [0.717, 1.165) is 6.07 Å². The van der Waals surface area contributed by atoms with E-state index < -0.39 is 11.7 Å². The number of nitrogen functional groups attached to an aromatic ring is 1. The fourth-order valence-corrected chi connectivity index (χ4v) is 1.56. The Morgan fingerprint density at radius 1 is 1.32 bits per heavy atom. The fraction of sp³-hybridized carbons (Fsp3) is 0. The highest BCUT2D eigenvalue weighted by Crippen LogP contribution is 2.19. The Bertz CT molecular complexity index is 603. The molecule has 0 atom stereocenters. The van der Waals surface area contributed by atoms with Crippen LogP contribution >= 0.6 is 11.6 Å². The maximum Gasteiger partial charge on any atom is 0.257 e. The smallest absolute Gasteiger partial charge is 0.257 e. The van der Waals surface area contributed by atoms with E-state index in [1.165, 1.54) is 30.5 Å². The zero-order valence-electron chi connectivity index (χ0n) is 9.65. The molecule has 1 heterocycles. The molecule has 4 N–H and O–H groups in total. The number of benzene rings is 1. The van der Waals surface area contributed by atoms with Gasteiger partial charge in [-0.15, -0.1) is 0 Å². The van der Waals surface area contributed by atoms with Gasteiger partial charge in [-0.1, -0.05) is 11.6 Å². The maximum atomic E-state index is 13.5. The number of pyridine rings is 1. The number of carbonyl (C=O) groups excluding carboxylic acids is 1. The second kappa shape index (κ2) is 5.64. The van der Waals surface area contributed by atoms with Crippen molar-refractivity contribution in [3.8, 4) is 0 Å². The van der Waals surface area contributed by atoms with E-state index in [2.05, 4.69) is 15.7 Å². The van der Waals surface area contributed by atoms with Crippen molar-refractivity contribution in [2.24, 2.45) is 5.84 Å². The minimum atomic E-state index is -0.603. The molecule has 0 radical (unpaired) electrons. The summed E-state index contributed by atoms with van der Waals surface area (Å²) in [6, 6.07) is 7.05. The van der Waals surface area contributed by atoms with Gasteiger partial charge in [-0.25, -0.2) is 15.2 Å². The maximum absolute atomic E-state index is 13.5. The lowest BCUT2D eigenvalue weighted by atomic mass is 10.2. The third-order valence-corrected chi connectivity index (χ3v) is 2.59. The van der Waals surface area contributed by atoms with Gasteiger partial charge in [0.2, 0.25) is 0 Å². The van der Waals surface area contributed by atoms with Crippen LogP contribution in [0.4, 0.5) is 15.9 Å². The van der Waals surface area contributed by atoms with Crippen LogP contribution < -0.4 is 16.6 Å². The molecular weight excluding hydrogens is 271 g/mol. The largest absolute Gasteiger partial charge is 0.319 e. The standard InChI is InChI=1S/C12H10ClFN4O/c13-8-2-3-10(9(14)5-8)17-12(19)7-1-4-11(18-15)16-6-7/h1-6H,15H2,(H,16,18)(H,17,19). The first-order valence-electron chi connectivity index (χ1n) is 5.29. The number of amides is 1. The molecule has 5 nitrogen and oxygen atoms in total. The molecule has 0 bridgehead atoms. The molecular formula is C12H10ClFN4O. The van der Waals surface area contributed by atoms with Gasteiger partial charge in [0, 0.05) is 11.2 Å². The molecule has 0 aliphatic heterocycles. The van der Waals surface area contributed by atoms with Gasteiger partial charge in [-0.2, -0.15) is 0 Å². The molecule has 0 aliphatic rings. The number of carbonyl (C=O) groups is 1. The average molecular weight is 281 g/mol. The third kappa shape index (κ3) is 3.18. The summed E-state index contributed by atoms with van der Waals surface area (Å²) in [6.07, 6.45) is 1.33. The van der Waals surface area contributed by atoms with Crippen LogP contribution in [0, 0.1) is 5.82 Å². The van der Waals surface area contributed by atoms with Gasteiger partial charge in [0.25, 0.3) is 5.91 Å². The number of halogens is 2.